The number of hydrogen-bond donors (Lipinski definition) is 0. The first-order valence-electron chi connectivity index (χ1n) is 12.2. The van der Waals surface area contributed by atoms with E-state index in [4.69, 9.17) is 4.74 Å². The smallest absolute Gasteiger partial charge is 0.135 e. The van der Waals surface area contributed by atoms with Crippen LogP contribution in [0.5, 0.6) is 5.75 Å². The summed E-state index contributed by atoms with van der Waals surface area (Å²) in [6.07, 6.45) is 0.935. The van der Waals surface area contributed by atoms with E-state index in [2.05, 4.69) is 127 Å². The van der Waals surface area contributed by atoms with E-state index in [1.54, 1.807) is 0 Å². The van der Waals surface area contributed by atoms with E-state index >= 15 is 0 Å². The molecule has 0 saturated carbocycles. The highest BCUT2D eigenvalue weighted by Gasteiger charge is 2.33. The van der Waals surface area contributed by atoms with Crippen LogP contribution in [0, 0.1) is 0 Å². The van der Waals surface area contributed by atoms with Gasteiger partial charge in [-0.3, -0.25) is 0 Å². The minimum atomic E-state index is 0.0202. The molecule has 0 radical (unpaired) electrons. The van der Waals surface area contributed by atoms with Crippen LogP contribution in [-0.4, -0.2) is 0 Å². The second-order valence-corrected chi connectivity index (χ2v) is 9.21. The molecule has 166 valence electrons. The summed E-state index contributed by atoms with van der Waals surface area (Å²) in [6, 6.07) is 45.1. The average molecular weight is 449 g/mol. The van der Waals surface area contributed by atoms with E-state index < -0.39 is 0 Å². The Balaban J connectivity index is 1.42. The van der Waals surface area contributed by atoms with Gasteiger partial charge in [0, 0.05) is 23.1 Å². The van der Waals surface area contributed by atoms with Crippen LogP contribution in [0.3, 0.4) is 0 Å². The molecule has 0 heterocycles. The molecule has 1 aliphatic carbocycles. The van der Waals surface area contributed by atoms with Crippen LogP contribution in [0.4, 0.5) is 0 Å². The number of para-hydroxylation sites is 1. The Labute approximate surface area is 205 Å². The van der Waals surface area contributed by atoms with Gasteiger partial charge in [-0.25, -0.2) is 0 Å². The molecule has 1 atom stereocenters. The van der Waals surface area contributed by atoms with Crippen LogP contribution in [0.1, 0.15) is 17.2 Å². The molecule has 1 unspecified atom stereocenters. The molecule has 0 spiro atoms. The topological polar surface area (TPSA) is 9.23 Å². The lowest BCUT2D eigenvalue weighted by molar-refractivity contribution is 0.186. The molecule has 0 bridgehead atoms. The Morgan fingerprint density at radius 2 is 0.943 bits per heavy atom. The Morgan fingerprint density at radius 3 is 1.54 bits per heavy atom. The summed E-state index contributed by atoms with van der Waals surface area (Å²) in [5, 5.41) is 5.28. The standard InChI is InChI=1S/C34H24O/c1-3-12-23(13-4-1)25-20-11-21-26(24-14-5-2-6-15-24)34(25)35-32-22-31-29-18-8-7-16-27(29)28-17-9-10-19-30(28)33(31)32/h1-21,32H,22H2. The van der Waals surface area contributed by atoms with Gasteiger partial charge in [-0.1, -0.05) is 127 Å². The zero-order chi connectivity index (χ0) is 23.2. The molecule has 6 aromatic carbocycles. The van der Waals surface area contributed by atoms with Crippen molar-refractivity contribution in [3.05, 3.63) is 139 Å². The fourth-order valence-corrected chi connectivity index (χ4v) is 5.58. The molecule has 0 aromatic heterocycles. The molecule has 0 N–H and O–H groups in total. The van der Waals surface area contributed by atoms with Crippen molar-refractivity contribution in [3.63, 3.8) is 0 Å². The second kappa shape index (κ2) is 8.14. The minimum Gasteiger partial charge on any atom is -0.484 e. The van der Waals surface area contributed by atoms with Crippen molar-refractivity contribution in [1.29, 1.82) is 0 Å². The maximum Gasteiger partial charge on any atom is 0.135 e. The number of hydrogen-bond acceptors (Lipinski definition) is 1. The summed E-state index contributed by atoms with van der Waals surface area (Å²) in [7, 11) is 0. The normalized spacial score (nSPS) is 14.5. The van der Waals surface area contributed by atoms with Gasteiger partial charge in [0.1, 0.15) is 11.9 Å². The van der Waals surface area contributed by atoms with Crippen molar-refractivity contribution in [2.24, 2.45) is 0 Å². The summed E-state index contributed by atoms with van der Waals surface area (Å²) < 4.78 is 7.00. The third-order valence-electron chi connectivity index (χ3n) is 7.24. The molecule has 35 heavy (non-hydrogen) atoms. The Morgan fingerprint density at radius 1 is 0.457 bits per heavy atom. The van der Waals surface area contributed by atoms with Gasteiger partial charge in [-0.2, -0.15) is 0 Å². The fraction of sp³-hybridized carbons (Fsp3) is 0.0588. The van der Waals surface area contributed by atoms with Crippen molar-refractivity contribution < 1.29 is 4.74 Å². The SMILES string of the molecule is c1ccc(-c2cccc(-c3ccccc3)c2OC2Cc3c2c2ccccc2c2ccccc32)cc1. The highest BCUT2D eigenvalue weighted by atomic mass is 16.5. The van der Waals surface area contributed by atoms with E-state index in [0.29, 0.717) is 0 Å². The first kappa shape index (κ1) is 20.1. The van der Waals surface area contributed by atoms with Gasteiger partial charge in [-0.05, 0) is 38.2 Å². The van der Waals surface area contributed by atoms with Crippen LogP contribution < -0.4 is 4.74 Å². The zero-order valence-corrected chi connectivity index (χ0v) is 19.3. The predicted molar refractivity (Wildman–Crippen MR) is 146 cm³/mol. The Bertz CT molecular complexity index is 1630. The first-order chi connectivity index (χ1) is 17.4. The Hall–Kier alpha value is -4.36. The maximum atomic E-state index is 7.00. The van der Waals surface area contributed by atoms with E-state index in [9.17, 15) is 0 Å². The molecule has 0 fully saturated rings. The van der Waals surface area contributed by atoms with E-state index in [1.807, 2.05) is 0 Å². The molecular weight excluding hydrogens is 424 g/mol. The Kier molecular flexibility index (Phi) is 4.67. The van der Waals surface area contributed by atoms with Crippen molar-refractivity contribution in [3.8, 4) is 28.0 Å². The van der Waals surface area contributed by atoms with Crippen LogP contribution in [0.2, 0.25) is 0 Å². The van der Waals surface area contributed by atoms with Crippen LogP contribution in [0.15, 0.2) is 127 Å². The summed E-state index contributed by atoms with van der Waals surface area (Å²) in [5.41, 5.74) is 7.35. The van der Waals surface area contributed by atoms with Crippen LogP contribution in [0.25, 0.3) is 43.8 Å². The summed E-state index contributed by atoms with van der Waals surface area (Å²) in [6.45, 7) is 0. The van der Waals surface area contributed by atoms with Gasteiger partial charge in [0.25, 0.3) is 0 Å². The molecule has 6 aromatic rings. The zero-order valence-electron chi connectivity index (χ0n) is 19.3. The van der Waals surface area contributed by atoms with Crippen molar-refractivity contribution >= 4 is 21.5 Å². The maximum absolute atomic E-state index is 7.00. The number of ether oxygens (including phenoxy) is 1. The van der Waals surface area contributed by atoms with Gasteiger partial charge in [-0.15, -0.1) is 0 Å². The molecule has 0 saturated heterocycles. The molecule has 1 aliphatic rings. The monoisotopic (exact) mass is 448 g/mol. The fourth-order valence-electron chi connectivity index (χ4n) is 5.58. The average Bonchev–Trinajstić information content (AvgIpc) is 2.92. The summed E-state index contributed by atoms with van der Waals surface area (Å²) in [5.74, 6) is 0.956. The van der Waals surface area contributed by atoms with Crippen LogP contribution in [-0.2, 0) is 6.42 Å². The highest BCUT2D eigenvalue weighted by molar-refractivity contribution is 6.11. The van der Waals surface area contributed by atoms with Gasteiger partial charge in [0.05, 0.1) is 0 Å². The van der Waals surface area contributed by atoms with Crippen molar-refractivity contribution in [2.45, 2.75) is 12.5 Å². The highest BCUT2D eigenvalue weighted by Crippen LogP contribution is 2.49. The van der Waals surface area contributed by atoms with Gasteiger partial charge >= 0.3 is 0 Å². The number of rotatable bonds is 4. The number of benzene rings is 6. The quantitative estimate of drug-likeness (QED) is 0.244. The minimum absolute atomic E-state index is 0.0202. The van der Waals surface area contributed by atoms with Crippen molar-refractivity contribution in [2.75, 3.05) is 0 Å². The van der Waals surface area contributed by atoms with E-state index in [1.165, 1.54) is 43.8 Å². The van der Waals surface area contributed by atoms with E-state index in [0.717, 1.165) is 23.3 Å². The van der Waals surface area contributed by atoms with Gasteiger partial charge in [0.15, 0.2) is 0 Å². The predicted octanol–water partition coefficient (Wildman–Crippen LogP) is 9.00. The summed E-state index contributed by atoms with van der Waals surface area (Å²) in [4.78, 5) is 0. The molecular formula is C34H24O. The number of fused-ring (bicyclic) bond motifs is 6. The molecule has 1 nitrogen and oxygen atoms in total. The lowest BCUT2D eigenvalue weighted by Crippen LogP contribution is -2.24. The molecule has 0 aliphatic heterocycles. The van der Waals surface area contributed by atoms with Crippen LogP contribution >= 0.6 is 0 Å². The third kappa shape index (κ3) is 3.24. The lowest BCUT2D eigenvalue weighted by Gasteiger charge is -2.35. The first-order valence-corrected chi connectivity index (χ1v) is 12.2. The summed E-state index contributed by atoms with van der Waals surface area (Å²) >= 11 is 0. The van der Waals surface area contributed by atoms with E-state index in [-0.39, 0.29) is 6.10 Å². The van der Waals surface area contributed by atoms with Gasteiger partial charge in [0.2, 0.25) is 0 Å². The molecule has 0 amide bonds. The second-order valence-electron chi connectivity index (χ2n) is 9.21. The lowest BCUT2D eigenvalue weighted by atomic mass is 9.77. The molecule has 7 rings (SSSR count). The largest absolute Gasteiger partial charge is 0.484 e. The van der Waals surface area contributed by atoms with Gasteiger partial charge < -0.3 is 4.74 Å². The molecule has 1 heteroatoms. The van der Waals surface area contributed by atoms with Crippen molar-refractivity contribution in [1.82, 2.24) is 0 Å². The third-order valence-corrected chi connectivity index (χ3v) is 7.24.